The van der Waals surface area contributed by atoms with E-state index in [0.29, 0.717) is 6.61 Å². The zero-order valence-electron chi connectivity index (χ0n) is 14.9. The van der Waals surface area contributed by atoms with E-state index in [1.807, 2.05) is 44.2 Å². The molecule has 0 aliphatic heterocycles. The molecule has 1 heterocycles. The summed E-state index contributed by atoms with van der Waals surface area (Å²) in [6.45, 7) is 9.42. The maximum absolute atomic E-state index is 12.5. The Morgan fingerprint density at radius 2 is 1.96 bits per heavy atom. The van der Waals surface area contributed by atoms with Gasteiger partial charge in [0.25, 0.3) is 0 Å². The number of aromatic nitrogens is 2. The third kappa shape index (κ3) is 4.41. The molecule has 0 aliphatic rings. The molecule has 0 radical (unpaired) electrons. The van der Waals surface area contributed by atoms with Crippen LogP contribution in [0.3, 0.4) is 0 Å². The Bertz CT molecular complexity index is 668. The molecule has 1 aromatic carbocycles. The van der Waals surface area contributed by atoms with Crippen LogP contribution in [0.5, 0.6) is 0 Å². The van der Waals surface area contributed by atoms with Crippen molar-refractivity contribution < 1.29 is 9.53 Å². The molecule has 24 heavy (non-hydrogen) atoms. The number of thioether (sulfide) groups is 1. The first kappa shape index (κ1) is 18.6. The average molecular weight is 346 g/mol. The van der Waals surface area contributed by atoms with Crippen LogP contribution >= 0.6 is 11.8 Å². The quantitative estimate of drug-likeness (QED) is 0.513. The number of rotatable bonds is 8. The second-order valence-corrected chi connectivity index (χ2v) is 6.80. The molecule has 0 fully saturated rings. The summed E-state index contributed by atoms with van der Waals surface area (Å²) in [6, 6.07) is 9.78. The van der Waals surface area contributed by atoms with Crippen molar-refractivity contribution in [2.24, 2.45) is 0 Å². The number of carbonyl (C=O) groups excluding carboxylic acids is 1. The molecule has 0 saturated carbocycles. The molecule has 2 aromatic rings. The fourth-order valence-electron chi connectivity index (χ4n) is 2.50. The van der Waals surface area contributed by atoms with Gasteiger partial charge in [-0.2, -0.15) is 0 Å². The smallest absolute Gasteiger partial charge is 0.324 e. The van der Waals surface area contributed by atoms with E-state index in [2.05, 4.69) is 23.4 Å². The number of nitrogens with zero attached hydrogens (tertiary/aromatic N) is 2. The minimum Gasteiger partial charge on any atom is -0.465 e. The average Bonchev–Trinajstić information content (AvgIpc) is 2.85. The number of ether oxygens (including phenoxy) is 1. The highest BCUT2D eigenvalue weighted by atomic mass is 32.2. The van der Waals surface area contributed by atoms with E-state index < -0.39 is 5.25 Å². The van der Waals surface area contributed by atoms with Gasteiger partial charge in [0.05, 0.1) is 12.3 Å². The zero-order valence-corrected chi connectivity index (χ0v) is 15.7. The van der Waals surface area contributed by atoms with E-state index in [1.54, 1.807) is 0 Å². The lowest BCUT2D eigenvalue weighted by Gasteiger charge is -2.16. The fourth-order valence-corrected chi connectivity index (χ4v) is 3.71. The molecule has 0 spiro atoms. The number of carbonyl (C=O) groups is 1. The van der Waals surface area contributed by atoms with E-state index in [0.717, 1.165) is 35.8 Å². The van der Waals surface area contributed by atoms with Crippen molar-refractivity contribution in [1.29, 1.82) is 0 Å². The van der Waals surface area contributed by atoms with Crippen molar-refractivity contribution in [3.8, 4) is 0 Å². The van der Waals surface area contributed by atoms with E-state index in [-0.39, 0.29) is 5.97 Å². The van der Waals surface area contributed by atoms with Gasteiger partial charge in [-0.1, -0.05) is 55.4 Å². The first-order chi connectivity index (χ1) is 11.6. The number of imidazole rings is 1. The van der Waals surface area contributed by atoms with Crippen LogP contribution in [0.4, 0.5) is 0 Å². The molecule has 1 aromatic heterocycles. The first-order valence-electron chi connectivity index (χ1n) is 8.50. The standard InChI is InChI=1S/C19H26N2O2S/c1-5-7-13-21-15(4)14(3)20-19(21)24-17(18(22)23-6-2)16-11-9-8-10-12-16/h8-12,17H,5-7,13H2,1-4H3. The summed E-state index contributed by atoms with van der Waals surface area (Å²) in [5.41, 5.74) is 3.13. The van der Waals surface area contributed by atoms with Crippen molar-refractivity contribution in [3.05, 3.63) is 47.3 Å². The van der Waals surface area contributed by atoms with Gasteiger partial charge < -0.3 is 9.30 Å². The van der Waals surface area contributed by atoms with Crippen LogP contribution < -0.4 is 0 Å². The van der Waals surface area contributed by atoms with Crippen molar-refractivity contribution in [2.75, 3.05) is 6.61 Å². The minimum atomic E-state index is -0.396. The molecule has 0 N–H and O–H groups in total. The lowest BCUT2D eigenvalue weighted by atomic mass is 10.1. The normalized spacial score (nSPS) is 12.2. The second kappa shape index (κ2) is 8.92. The minimum absolute atomic E-state index is 0.214. The topological polar surface area (TPSA) is 44.1 Å². The van der Waals surface area contributed by atoms with E-state index in [9.17, 15) is 4.79 Å². The van der Waals surface area contributed by atoms with Crippen molar-refractivity contribution in [3.63, 3.8) is 0 Å². The number of aryl methyl sites for hydroxylation is 1. The van der Waals surface area contributed by atoms with E-state index >= 15 is 0 Å². The highest BCUT2D eigenvalue weighted by molar-refractivity contribution is 8.00. The molecule has 2 rings (SSSR count). The van der Waals surface area contributed by atoms with Crippen LogP contribution in [0.15, 0.2) is 35.5 Å². The van der Waals surface area contributed by atoms with Crippen LogP contribution in [-0.2, 0) is 16.1 Å². The maximum Gasteiger partial charge on any atom is 0.324 e. The fraction of sp³-hybridized carbons (Fsp3) is 0.474. The third-order valence-corrected chi connectivity index (χ3v) is 5.21. The van der Waals surface area contributed by atoms with Crippen LogP contribution in [-0.4, -0.2) is 22.1 Å². The third-order valence-electron chi connectivity index (χ3n) is 3.98. The predicted molar refractivity (Wildman–Crippen MR) is 98.3 cm³/mol. The summed E-state index contributed by atoms with van der Waals surface area (Å²) in [5, 5.41) is 0.494. The van der Waals surface area contributed by atoms with Gasteiger partial charge in [-0.05, 0) is 32.8 Å². The van der Waals surface area contributed by atoms with Gasteiger partial charge in [0.2, 0.25) is 0 Å². The number of hydrogen-bond acceptors (Lipinski definition) is 4. The summed E-state index contributed by atoms with van der Waals surface area (Å²) in [6.07, 6.45) is 2.22. The summed E-state index contributed by atoms with van der Waals surface area (Å²) in [5.74, 6) is -0.214. The Balaban J connectivity index is 2.33. The number of hydrogen-bond donors (Lipinski definition) is 0. The van der Waals surface area contributed by atoms with E-state index in [4.69, 9.17) is 4.74 Å². The van der Waals surface area contributed by atoms with Crippen molar-refractivity contribution in [2.45, 2.75) is 57.5 Å². The van der Waals surface area contributed by atoms with Crippen molar-refractivity contribution >= 4 is 17.7 Å². The SMILES string of the molecule is CCCCn1c(SC(C(=O)OCC)c2ccccc2)nc(C)c1C. The van der Waals surface area contributed by atoms with Gasteiger partial charge in [0.1, 0.15) is 5.25 Å². The Hall–Kier alpha value is -1.75. The summed E-state index contributed by atoms with van der Waals surface area (Å²) in [4.78, 5) is 17.2. The van der Waals surface area contributed by atoms with Crippen molar-refractivity contribution in [1.82, 2.24) is 9.55 Å². The van der Waals surface area contributed by atoms with Crippen LogP contribution in [0.25, 0.3) is 0 Å². The van der Waals surface area contributed by atoms with Gasteiger partial charge in [-0.15, -0.1) is 0 Å². The Kier molecular flexibility index (Phi) is 6.91. The molecule has 1 atom stereocenters. The predicted octanol–water partition coefficient (Wildman–Crippen LogP) is 4.70. The van der Waals surface area contributed by atoms with Gasteiger partial charge in [-0.3, -0.25) is 4.79 Å². The van der Waals surface area contributed by atoms with Gasteiger partial charge in [0.15, 0.2) is 5.16 Å². The lowest BCUT2D eigenvalue weighted by Crippen LogP contribution is -2.14. The highest BCUT2D eigenvalue weighted by Crippen LogP contribution is 2.36. The van der Waals surface area contributed by atoms with Gasteiger partial charge in [0, 0.05) is 12.2 Å². The molecule has 4 nitrogen and oxygen atoms in total. The number of esters is 1. The van der Waals surface area contributed by atoms with Gasteiger partial charge >= 0.3 is 5.97 Å². The Labute approximate surface area is 148 Å². The lowest BCUT2D eigenvalue weighted by molar-refractivity contribution is -0.142. The highest BCUT2D eigenvalue weighted by Gasteiger charge is 2.26. The number of benzene rings is 1. The van der Waals surface area contributed by atoms with Crippen LogP contribution in [0, 0.1) is 13.8 Å². The zero-order chi connectivity index (χ0) is 17.5. The van der Waals surface area contributed by atoms with Gasteiger partial charge in [-0.25, -0.2) is 4.98 Å². The molecule has 1 unspecified atom stereocenters. The number of unbranched alkanes of at least 4 members (excludes halogenated alkanes) is 1. The molecular weight excluding hydrogens is 320 g/mol. The van der Waals surface area contributed by atoms with E-state index in [1.165, 1.54) is 17.5 Å². The molecule has 130 valence electrons. The molecular formula is C19H26N2O2S. The van der Waals surface area contributed by atoms with Crippen LogP contribution in [0.1, 0.15) is 48.9 Å². The molecule has 0 aliphatic carbocycles. The molecule has 0 amide bonds. The molecule has 0 bridgehead atoms. The largest absolute Gasteiger partial charge is 0.465 e. The first-order valence-corrected chi connectivity index (χ1v) is 9.38. The maximum atomic E-state index is 12.5. The Morgan fingerprint density at radius 1 is 1.25 bits per heavy atom. The summed E-state index contributed by atoms with van der Waals surface area (Å²) >= 11 is 1.48. The van der Waals surface area contributed by atoms with Crippen LogP contribution in [0.2, 0.25) is 0 Å². The summed E-state index contributed by atoms with van der Waals surface area (Å²) in [7, 11) is 0. The molecule has 0 saturated heterocycles. The monoisotopic (exact) mass is 346 g/mol. The Morgan fingerprint density at radius 3 is 2.58 bits per heavy atom. The second-order valence-electron chi connectivity index (χ2n) is 5.73. The summed E-state index contributed by atoms with van der Waals surface area (Å²) < 4.78 is 7.51. The molecule has 5 heteroatoms.